The first-order valence-electron chi connectivity index (χ1n) is 7.77. The second kappa shape index (κ2) is 7.85. The van der Waals surface area contributed by atoms with Crippen LogP contribution < -0.4 is 5.32 Å². The number of rotatable bonds is 4. The van der Waals surface area contributed by atoms with E-state index in [0.29, 0.717) is 26.2 Å². The van der Waals surface area contributed by atoms with Crippen molar-refractivity contribution >= 4 is 6.03 Å². The number of aliphatic hydroxyl groups excluding tert-OH is 1. The smallest absolute Gasteiger partial charge is 0.318 e. The summed E-state index contributed by atoms with van der Waals surface area (Å²) in [6.45, 7) is 4.21. The van der Waals surface area contributed by atoms with Crippen LogP contribution >= 0.6 is 0 Å². The molecule has 5 nitrogen and oxygen atoms in total. The standard InChI is InChI=1S/C16H21F3N2O3/c1-9(22)5-12-8-24-4-3-21(12)16(23)20-10(2)11-6-13(17)15(19)14(18)7-11/h6-7,9-10,12,22H,3-5,8H2,1-2H3,(H,20,23)/t9-,10-,12+/m0/s1. The molecule has 1 saturated heterocycles. The maximum Gasteiger partial charge on any atom is 0.318 e. The topological polar surface area (TPSA) is 61.8 Å². The molecule has 24 heavy (non-hydrogen) atoms. The Hall–Kier alpha value is -1.80. The molecule has 1 aromatic rings. The van der Waals surface area contributed by atoms with Crippen molar-refractivity contribution < 1.29 is 27.8 Å². The number of benzene rings is 1. The fourth-order valence-electron chi connectivity index (χ4n) is 2.69. The van der Waals surface area contributed by atoms with Crippen molar-refractivity contribution in [3.05, 3.63) is 35.1 Å². The molecule has 1 aliphatic rings. The number of nitrogens with one attached hydrogen (secondary N) is 1. The van der Waals surface area contributed by atoms with Crippen molar-refractivity contribution in [1.29, 1.82) is 0 Å². The number of carbonyl (C=O) groups is 1. The summed E-state index contributed by atoms with van der Waals surface area (Å²) in [6.07, 6.45) is -0.230. The number of carbonyl (C=O) groups excluding carboxylic acids is 1. The first kappa shape index (κ1) is 18.5. The van der Waals surface area contributed by atoms with Gasteiger partial charge in [-0.2, -0.15) is 0 Å². The van der Waals surface area contributed by atoms with Crippen LogP contribution in [-0.4, -0.2) is 47.9 Å². The monoisotopic (exact) mass is 346 g/mol. The number of aliphatic hydroxyl groups is 1. The molecule has 8 heteroatoms. The number of hydrogen-bond donors (Lipinski definition) is 2. The zero-order valence-corrected chi connectivity index (χ0v) is 13.6. The normalized spacial score (nSPS) is 20.6. The highest BCUT2D eigenvalue weighted by Crippen LogP contribution is 2.20. The molecular formula is C16H21F3N2O3. The third-order valence-electron chi connectivity index (χ3n) is 3.95. The van der Waals surface area contributed by atoms with E-state index in [1.807, 2.05) is 0 Å². The van der Waals surface area contributed by atoms with Gasteiger partial charge in [0, 0.05) is 6.54 Å². The van der Waals surface area contributed by atoms with E-state index in [4.69, 9.17) is 4.74 Å². The lowest BCUT2D eigenvalue weighted by Gasteiger charge is -2.37. The quantitative estimate of drug-likeness (QED) is 0.823. The number of ether oxygens (including phenoxy) is 1. The van der Waals surface area contributed by atoms with Crippen molar-refractivity contribution in [3.8, 4) is 0 Å². The molecule has 3 atom stereocenters. The number of hydrogen-bond acceptors (Lipinski definition) is 3. The molecular weight excluding hydrogens is 325 g/mol. The molecule has 2 N–H and O–H groups in total. The van der Waals surface area contributed by atoms with Gasteiger partial charge in [0.15, 0.2) is 17.5 Å². The van der Waals surface area contributed by atoms with Crippen molar-refractivity contribution in [2.75, 3.05) is 19.8 Å². The number of halogens is 3. The van der Waals surface area contributed by atoms with Crippen molar-refractivity contribution in [2.24, 2.45) is 0 Å². The van der Waals surface area contributed by atoms with Crippen molar-refractivity contribution in [1.82, 2.24) is 10.2 Å². The number of morpholine rings is 1. The summed E-state index contributed by atoms with van der Waals surface area (Å²) >= 11 is 0. The molecule has 0 unspecified atom stereocenters. The number of urea groups is 1. The van der Waals surface area contributed by atoms with Crippen molar-refractivity contribution in [2.45, 2.75) is 38.5 Å². The van der Waals surface area contributed by atoms with Gasteiger partial charge in [-0.15, -0.1) is 0 Å². The van der Waals surface area contributed by atoms with Gasteiger partial charge in [0.1, 0.15) is 0 Å². The Bertz CT molecular complexity index is 575. The van der Waals surface area contributed by atoms with E-state index < -0.39 is 35.6 Å². The van der Waals surface area contributed by atoms with E-state index in [2.05, 4.69) is 5.32 Å². The Morgan fingerprint density at radius 1 is 1.38 bits per heavy atom. The second-order valence-corrected chi connectivity index (χ2v) is 5.98. The largest absolute Gasteiger partial charge is 0.393 e. The fraction of sp³-hybridized carbons (Fsp3) is 0.562. The Kier molecular flexibility index (Phi) is 6.06. The molecule has 1 heterocycles. The van der Waals surface area contributed by atoms with E-state index in [-0.39, 0.29) is 11.6 Å². The average Bonchev–Trinajstić information content (AvgIpc) is 2.51. The highest BCUT2D eigenvalue weighted by Gasteiger charge is 2.29. The number of nitrogens with zero attached hydrogens (tertiary/aromatic N) is 1. The summed E-state index contributed by atoms with van der Waals surface area (Å²) in [7, 11) is 0. The van der Waals surface area contributed by atoms with Gasteiger partial charge in [-0.25, -0.2) is 18.0 Å². The lowest BCUT2D eigenvalue weighted by Crippen LogP contribution is -2.53. The summed E-state index contributed by atoms with van der Waals surface area (Å²) in [5, 5.41) is 12.2. The molecule has 134 valence electrons. The second-order valence-electron chi connectivity index (χ2n) is 5.98. The summed E-state index contributed by atoms with van der Waals surface area (Å²) in [5.41, 5.74) is 0.125. The fourth-order valence-corrected chi connectivity index (χ4v) is 2.69. The third-order valence-corrected chi connectivity index (χ3v) is 3.95. The minimum absolute atomic E-state index is 0.125. The van der Waals surface area contributed by atoms with E-state index in [1.54, 1.807) is 13.8 Å². The van der Waals surface area contributed by atoms with Crippen molar-refractivity contribution in [3.63, 3.8) is 0 Å². The Morgan fingerprint density at radius 2 is 2.00 bits per heavy atom. The van der Waals surface area contributed by atoms with Crippen LogP contribution in [0.5, 0.6) is 0 Å². The first-order valence-corrected chi connectivity index (χ1v) is 7.77. The lowest BCUT2D eigenvalue weighted by atomic mass is 10.1. The van der Waals surface area contributed by atoms with Gasteiger partial charge in [0.05, 0.1) is 31.4 Å². The van der Waals surface area contributed by atoms with Gasteiger partial charge in [0.25, 0.3) is 0 Å². The van der Waals surface area contributed by atoms with Crippen LogP contribution in [0, 0.1) is 17.5 Å². The minimum atomic E-state index is -1.54. The van der Waals surface area contributed by atoms with Crippen LogP contribution in [0.2, 0.25) is 0 Å². The van der Waals surface area contributed by atoms with E-state index in [0.717, 1.165) is 12.1 Å². The molecule has 2 amide bonds. The van der Waals surface area contributed by atoms with Crippen LogP contribution in [0.15, 0.2) is 12.1 Å². The van der Waals surface area contributed by atoms with Gasteiger partial charge in [0.2, 0.25) is 0 Å². The highest BCUT2D eigenvalue weighted by atomic mass is 19.2. The molecule has 1 aliphatic heterocycles. The van der Waals surface area contributed by atoms with Gasteiger partial charge in [-0.3, -0.25) is 0 Å². The zero-order chi connectivity index (χ0) is 17.9. The molecule has 0 spiro atoms. The molecule has 1 fully saturated rings. The first-order chi connectivity index (χ1) is 11.3. The van der Waals surface area contributed by atoms with Crippen LogP contribution in [0.4, 0.5) is 18.0 Å². The Labute approximate surface area is 138 Å². The van der Waals surface area contributed by atoms with Gasteiger partial charge >= 0.3 is 6.03 Å². The van der Waals surface area contributed by atoms with Crippen LogP contribution in [0.3, 0.4) is 0 Å². The van der Waals surface area contributed by atoms with Gasteiger partial charge < -0.3 is 20.1 Å². The molecule has 0 bridgehead atoms. The van der Waals surface area contributed by atoms with Crippen LogP contribution in [0.25, 0.3) is 0 Å². The minimum Gasteiger partial charge on any atom is -0.393 e. The Morgan fingerprint density at radius 3 is 2.58 bits per heavy atom. The van der Waals surface area contributed by atoms with Crippen LogP contribution in [-0.2, 0) is 4.74 Å². The molecule has 0 aliphatic carbocycles. The van der Waals surface area contributed by atoms with E-state index in [1.165, 1.54) is 4.90 Å². The SMILES string of the molecule is C[C@H](O)C[C@@H]1COCCN1C(=O)N[C@@H](C)c1cc(F)c(F)c(F)c1. The number of amides is 2. The molecule has 0 aromatic heterocycles. The summed E-state index contributed by atoms with van der Waals surface area (Å²) in [4.78, 5) is 14.0. The summed E-state index contributed by atoms with van der Waals surface area (Å²) < 4.78 is 45.0. The highest BCUT2D eigenvalue weighted by molar-refractivity contribution is 5.75. The molecule has 0 radical (unpaired) electrons. The van der Waals surface area contributed by atoms with E-state index >= 15 is 0 Å². The predicted molar refractivity (Wildman–Crippen MR) is 80.9 cm³/mol. The molecule has 1 aromatic carbocycles. The Balaban J connectivity index is 2.07. The summed E-state index contributed by atoms with van der Waals surface area (Å²) in [5.74, 6) is -4.14. The average molecular weight is 346 g/mol. The maximum absolute atomic E-state index is 13.3. The predicted octanol–water partition coefficient (Wildman–Crippen LogP) is 2.35. The maximum atomic E-state index is 13.3. The summed E-state index contributed by atoms with van der Waals surface area (Å²) in [6, 6.07) is 0.290. The molecule has 2 rings (SSSR count). The molecule has 0 saturated carbocycles. The lowest BCUT2D eigenvalue weighted by molar-refractivity contribution is -0.00474. The van der Waals surface area contributed by atoms with Gasteiger partial charge in [-0.1, -0.05) is 0 Å². The zero-order valence-electron chi connectivity index (χ0n) is 13.6. The third kappa shape index (κ3) is 4.39. The van der Waals surface area contributed by atoms with Gasteiger partial charge in [-0.05, 0) is 38.0 Å². The van der Waals surface area contributed by atoms with Crippen LogP contribution in [0.1, 0.15) is 31.9 Å². The van der Waals surface area contributed by atoms with E-state index in [9.17, 15) is 23.1 Å².